The fourth-order valence-electron chi connectivity index (χ4n) is 3.58. The maximum Gasteiger partial charge on any atom is 0.324 e. The van der Waals surface area contributed by atoms with Crippen molar-refractivity contribution in [2.45, 2.75) is 25.7 Å². The first kappa shape index (κ1) is 22.2. The molecular formula is C23H26N6O4. The third-order valence-electron chi connectivity index (χ3n) is 5.13. The van der Waals surface area contributed by atoms with E-state index in [2.05, 4.69) is 26.4 Å². The number of ether oxygens (including phenoxy) is 2. The number of rotatable bonds is 6. The molecule has 1 aliphatic heterocycles. The molecule has 3 aromatic rings. The zero-order valence-electron chi connectivity index (χ0n) is 18.6. The molecule has 2 aromatic carbocycles. The highest BCUT2D eigenvalue weighted by molar-refractivity contribution is 5.99. The Morgan fingerprint density at radius 2 is 1.76 bits per heavy atom. The minimum Gasteiger partial charge on any atom is -0.497 e. The van der Waals surface area contributed by atoms with Crippen molar-refractivity contribution in [1.29, 1.82) is 0 Å². The normalized spacial score (nSPS) is 17.7. The standard InChI is InChI=1S/C23H26N6O4/c1-14-9-21(30)27-22(24-14)29-20(13-19(28-29)15-7-5-4-6-8-15)26-23(31)25-16-10-17(32-2)12-18(11-16)33-3/h4-8,10-14,22,24H,9H2,1-3H3,(H,27,30)(H2,25,26,31). The van der Waals surface area contributed by atoms with E-state index in [0.717, 1.165) is 5.56 Å². The Balaban J connectivity index is 1.61. The monoisotopic (exact) mass is 450 g/mol. The quantitative estimate of drug-likeness (QED) is 0.458. The van der Waals surface area contributed by atoms with E-state index in [0.29, 0.717) is 35.1 Å². The van der Waals surface area contributed by atoms with E-state index in [1.165, 1.54) is 14.2 Å². The molecule has 33 heavy (non-hydrogen) atoms. The molecule has 0 bridgehead atoms. The minimum absolute atomic E-state index is 0.0425. The lowest BCUT2D eigenvalue weighted by Gasteiger charge is -2.30. The van der Waals surface area contributed by atoms with Gasteiger partial charge in [0, 0.05) is 48.0 Å². The average molecular weight is 450 g/mol. The van der Waals surface area contributed by atoms with Crippen molar-refractivity contribution in [3.05, 3.63) is 54.6 Å². The Morgan fingerprint density at radius 1 is 1.06 bits per heavy atom. The number of carbonyl (C=O) groups is 2. The number of anilines is 2. The number of benzene rings is 2. The Bertz CT molecular complexity index is 1120. The van der Waals surface area contributed by atoms with Crippen LogP contribution in [0.3, 0.4) is 0 Å². The molecule has 1 aliphatic rings. The fraction of sp³-hybridized carbons (Fsp3) is 0.261. The summed E-state index contributed by atoms with van der Waals surface area (Å²) >= 11 is 0. The summed E-state index contributed by atoms with van der Waals surface area (Å²) in [4.78, 5) is 25.0. The van der Waals surface area contributed by atoms with Crippen molar-refractivity contribution >= 4 is 23.4 Å². The SMILES string of the molecule is COc1cc(NC(=O)Nc2cc(-c3ccccc3)nn2C2NC(=O)CC(C)N2)cc(OC)c1. The summed E-state index contributed by atoms with van der Waals surface area (Å²) in [5.74, 6) is 1.41. The zero-order valence-corrected chi connectivity index (χ0v) is 18.6. The van der Waals surface area contributed by atoms with Gasteiger partial charge in [0.25, 0.3) is 0 Å². The molecule has 0 spiro atoms. The van der Waals surface area contributed by atoms with Crippen molar-refractivity contribution in [3.63, 3.8) is 0 Å². The van der Waals surface area contributed by atoms with Crippen molar-refractivity contribution in [2.24, 2.45) is 0 Å². The molecule has 10 heteroatoms. The van der Waals surface area contributed by atoms with Crippen molar-refractivity contribution < 1.29 is 19.1 Å². The highest BCUT2D eigenvalue weighted by atomic mass is 16.5. The summed E-state index contributed by atoms with van der Waals surface area (Å²) in [5, 5.41) is 16.4. The molecule has 1 aromatic heterocycles. The first-order valence-electron chi connectivity index (χ1n) is 10.5. The number of amides is 3. The van der Waals surface area contributed by atoms with Crippen LogP contribution >= 0.6 is 0 Å². The maximum atomic E-state index is 12.8. The van der Waals surface area contributed by atoms with E-state index >= 15 is 0 Å². The van der Waals surface area contributed by atoms with E-state index in [4.69, 9.17) is 9.47 Å². The third kappa shape index (κ3) is 5.24. The smallest absolute Gasteiger partial charge is 0.324 e. The van der Waals surface area contributed by atoms with Crippen LogP contribution in [0.4, 0.5) is 16.3 Å². The third-order valence-corrected chi connectivity index (χ3v) is 5.13. The molecule has 3 amide bonds. The molecule has 1 saturated heterocycles. The van der Waals surface area contributed by atoms with E-state index in [-0.39, 0.29) is 11.9 Å². The number of hydrogen-bond donors (Lipinski definition) is 4. The summed E-state index contributed by atoms with van der Waals surface area (Å²) in [7, 11) is 3.07. The van der Waals surface area contributed by atoms with Gasteiger partial charge in [-0.25, -0.2) is 9.48 Å². The van der Waals surface area contributed by atoms with E-state index in [1.807, 2.05) is 37.3 Å². The summed E-state index contributed by atoms with van der Waals surface area (Å²) in [6.45, 7) is 1.92. The largest absolute Gasteiger partial charge is 0.497 e. The van der Waals surface area contributed by atoms with E-state index in [1.54, 1.807) is 28.9 Å². The van der Waals surface area contributed by atoms with Gasteiger partial charge in [0.15, 0.2) is 6.29 Å². The Hall–Kier alpha value is -4.05. The Morgan fingerprint density at radius 3 is 2.39 bits per heavy atom. The lowest BCUT2D eigenvalue weighted by molar-refractivity contribution is -0.125. The molecular weight excluding hydrogens is 424 g/mol. The van der Waals surface area contributed by atoms with Gasteiger partial charge in [0.1, 0.15) is 17.3 Å². The first-order valence-corrected chi connectivity index (χ1v) is 10.5. The maximum absolute atomic E-state index is 12.8. The molecule has 4 rings (SSSR count). The summed E-state index contributed by atoms with van der Waals surface area (Å²) in [6, 6.07) is 15.9. The number of nitrogens with one attached hydrogen (secondary N) is 4. The van der Waals surface area contributed by atoms with Crippen molar-refractivity contribution in [2.75, 3.05) is 24.9 Å². The summed E-state index contributed by atoms with van der Waals surface area (Å²) < 4.78 is 12.1. The fourth-order valence-corrected chi connectivity index (χ4v) is 3.58. The van der Waals surface area contributed by atoms with Crippen LogP contribution in [0.15, 0.2) is 54.6 Å². The number of aromatic nitrogens is 2. The van der Waals surface area contributed by atoms with Gasteiger partial charge in [-0.15, -0.1) is 0 Å². The van der Waals surface area contributed by atoms with Gasteiger partial charge in [0.05, 0.1) is 19.9 Å². The number of hydrogen-bond acceptors (Lipinski definition) is 6. The molecule has 10 nitrogen and oxygen atoms in total. The van der Waals surface area contributed by atoms with Crippen LogP contribution in [0.25, 0.3) is 11.3 Å². The second-order valence-corrected chi connectivity index (χ2v) is 7.65. The molecule has 172 valence electrons. The van der Waals surface area contributed by atoms with Crippen molar-refractivity contribution in [1.82, 2.24) is 20.4 Å². The van der Waals surface area contributed by atoms with Gasteiger partial charge < -0.3 is 20.1 Å². The van der Waals surface area contributed by atoms with Crippen LogP contribution in [-0.2, 0) is 4.79 Å². The Kier molecular flexibility index (Phi) is 6.45. The summed E-state index contributed by atoms with van der Waals surface area (Å²) in [5.41, 5.74) is 2.03. The lowest BCUT2D eigenvalue weighted by Crippen LogP contribution is -2.52. The van der Waals surface area contributed by atoms with Gasteiger partial charge in [0.2, 0.25) is 5.91 Å². The zero-order chi connectivity index (χ0) is 23.4. The first-order chi connectivity index (χ1) is 15.9. The molecule has 1 fully saturated rings. The predicted molar refractivity (Wildman–Crippen MR) is 124 cm³/mol. The van der Waals surface area contributed by atoms with Crippen LogP contribution in [0.5, 0.6) is 11.5 Å². The minimum atomic E-state index is -0.606. The second-order valence-electron chi connectivity index (χ2n) is 7.65. The molecule has 0 aliphatic carbocycles. The van der Waals surface area contributed by atoms with Crippen LogP contribution in [0.1, 0.15) is 19.6 Å². The summed E-state index contributed by atoms with van der Waals surface area (Å²) in [6.07, 6.45) is -0.240. The lowest BCUT2D eigenvalue weighted by atomic mass is 10.2. The molecule has 0 radical (unpaired) electrons. The number of nitrogens with zero attached hydrogens (tertiary/aromatic N) is 2. The van der Waals surface area contributed by atoms with Gasteiger partial charge in [-0.1, -0.05) is 30.3 Å². The number of carbonyl (C=O) groups excluding carboxylic acids is 2. The molecule has 2 heterocycles. The molecule has 2 unspecified atom stereocenters. The van der Waals surface area contributed by atoms with Crippen LogP contribution in [0.2, 0.25) is 0 Å². The molecule has 2 atom stereocenters. The molecule has 4 N–H and O–H groups in total. The highest BCUT2D eigenvalue weighted by Crippen LogP contribution is 2.27. The number of urea groups is 1. The van der Waals surface area contributed by atoms with E-state index in [9.17, 15) is 9.59 Å². The average Bonchev–Trinajstić information content (AvgIpc) is 3.22. The van der Waals surface area contributed by atoms with E-state index < -0.39 is 12.3 Å². The topological polar surface area (TPSA) is 119 Å². The van der Waals surface area contributed by atoms with Gasteiger partial charge in [-0.2, -0.15) is 5.10 Å². The second kappa shape index (κ2) is 9.61. The van der Waals surface area contributed by atoms with Crippen LogP contribution in [-0.4, -0.2) is 42.0 Å². The number of methoxy groups -OCH3 is 2. The van der Waals surface area contributed by atoms with Crippen LogP contribution in [0, 0.1) is 0 Å². The highest BCUT2D eigenvalue weighted by Gasteiger charge is 2.27. The Labute approximate surface area is 191 Å². The van der Waals surface area contributed by atoms with Gasteiger partial charge in [-0.3, -0.25) is 15.4 Å². The van der Waals surface area contributed by atoms with Gasteiger partial charge >= 0.3 is 6.03 Å². The van der Waals surface area contributed by atoms with Crippen molar-refractivity contribution in [3.8, 4) is 22.8 Å². The predicted octanol–water partition coefficient (Wildman–Crippen LogP) is 3.17. The van der Waals surface area contributed by atoms with Crippen LogP contribution < -0.4 is 30.7 Å². The van der Waals surface area contributed by atoms with Gasteiger partial charge in [-0.05, 0) is 6.92 Å². The molecule has 0 saturated carbocycles.